The Balaban J connectivity index is 1.45. The topological polar surface area (TPSA) is 140 Å². The Morgan fingerprint density at radius 2 is 1.65 bits per heavy atom. The monoisotopic (exact) mass is 689 g/mol. The number of nitrogens with two attached hydrogens (primary N) is 1. The fourth-order valence-corrected chi connectivity index (χ4v) is 6.01. The Bertz CT molecular complexity index is 1410. The van der Waals surface area contributed by atoms with E-state index in [1.807, 2.05) is 12.1 Å². The summed E-state index contributed by atoms with van der Waals surface area (Å²) in [6.45, 7) is 0.965. The summed E-state index contributed by atoms with van der Waals surface area (Å²) in [6, 6.07) is 9.29. The number of halogens is 6. The zero-order valence-corrected chi connectivity index (χ0v) is 26.0. The van der Waals surface area contributed by atoms with Gasteiger partial charge in [0.15, 0.2) is 6.73 Å². The standard InChI is InChI=1S/C32H37F6N3O7/c1-20(21-14-23(31(33,34)35)16-24(15-21)32(36,37)38)47-18-30(22-6-3-2-4-7-22)12-11-29(17-40-30)10-9-26(42)41(29)19-48-28(45)46-13-5-8-25(39)27(43)44/h2-4,6-7,14-16,20,25,40H,5,8-13,17-19,39H2,1H3,(H,43,44)/t20-,25?,29-,30-/m1/s1. The van der Waals surface area contributed by atoms with Crippen LogP contribution in [-0.4, -0.2) is 66.1 Å². The molecule has 4 atom stereocenters. The first-order valence-electron chi connectivity index (χ1n) is 15.3. The minimum absolute atomic E-state index is 0.0696. The third kappa shape index (κ3) is 8.76. The van der Waals surface area contributed by atoms with Gasteiger partial charge in [0.25, 0.3) is 0 Å². The summed E-state index contributed by atoms with van der Waals surface area (Å²) in [4.78, 5) is 37.3. The highest BCUT2D eigenvalue weighted by molar-refractivity contribution is 5.80. The second-order valence-corrected chi connectivity index (χ2v) is 12.1. The van der Waals surface area contributed by atoms with Crippen molar-refractivity contribution in [3.8, 4) is 0 Å². The first-order chi connectivity index (χ1) is 22.5. The summed E-state index contributed by atoms with van der Waals surface area (Å²) in [7, 11) is 0. The number of nitrogens with one attached hydrogen (secondary N) is 1. The molecule has 0 bridgehead atoms. The van der Waals surface area contributed by atoms with Gasteiger partial charge in [-0.3, -0.25) is 9.59 Å². The number of carbonyl (C=O) groups excluding carboxylic acids is 2. The summed E-state index contributed by atoms with van der Waals surface area (Å²) in [5.41, 5.74) is 1.38. The quantitative estimate of drug-likeness (QED) is 0.145. The number of piperidine rings is 1. The molecule has 2 heterocycles. The van der Waals surface area contributed by atoms with Crippen molar-refractivity contribution in [2.75, 3.05) is 26.5 Å². The number of likely N-dealkylation sites (tertiary alicyclic amines) is 1. The molecule has 1 amide bonds. The molecule has 48 heavy (non-hydrogen) atoms. The van der Waals surface area contributed by atoms with Crippen LogP contribution in [-0.2, 0) is 41.7 Å². The van der Waals surface area contributed by atoms with Crippen LogP contribution in [0.1, 0.15) is 73.8 Å². The van der Waals surface area contributed by atoms with Crippen LogP contribution in [0.4, 0.5) is 31.1 Å². The molecule has 16 heteroatoms. The first-order valence-corrected chi connectivity index (χ1v) is 15.3. The van der Waals surface area contributed by atoms with Crippen molar-refractivity contribution >= 4 is 18.0 Å². The van der Waals surface area contributed by atoms with Crippen LogP contribution >= 0.6 is 0 Å². The van der Waals surface area contributed by atoms with E-state index in [0.717, 1.165) is 5.56 Å². The first kappa shape index (κ1) is 36.9. The normalized spacial score (nSPS) is 22.8. The number of carboxylic acid groups (broad SMARTS) is 1. The molecule has 264 valence electrons. The molecule has 1 unspecified atom stereocenters. The highest BCUT2D eigenvalue weighted by atomic mass is 19.4. The van der Waals surface area contributed by atoms with Gasteiger partial charge in [0.05, 0.1) is 41.5 Å². The maximum absolute atomic E-state index is 13.5. The van der Waals surface area contributed by atoms with Gasteiger partial charge >= 0.3 is 24.5 Å². The van der Waals surface area contributed by atoms with Gasteiger partial charge in [0.2, 0.25) is 5.91 Å². The zero-order valence-electron chi connectivity index (χ0n) is 26.0. The Morgan fingerprint density at radius 1 is 1.00 bits per heavy atom. The van der Waals surface area contributed by atoms with E-state index in [0.29, 0.717) is 31.4 Å². The van der Waals surface area contributed by atoms with Gasteiger partial charge in [0.1, 0.15) is 6.04 Å². The van der Waals surface area contributed by atoms with Gasteiger partial charge < -0.3 is 35.3 Å². The van der Waals surface area contributed by atoms with Crippen LogP contribution in [0.25, 0.3) is 0 Å². The van der Waals surface area contributed by atoms with E-state index in [1.54, 1.807) is 18.2 Å². The molecule has 10 nitrogen and oxygen atoms in total. The lowest BCUT2D eigenvalue weighted by Crippen LogP contribution is -2.63. The van der Waals surface area contributed by atoms with E-state index < -0.39 is 65.6 Å². The van der Waals surface area contributed by atoms with Crippen molar-refractivity contribution in [1.29, 1.82) is 0 Å². The Hall–Kier alpha value is -3.89. The van der Waals surface area contributed by atoms with Gasteiger partial charge in [0, 0.05) is 13.0 Å². The zero-order chi connectivity index (χ0) is 35.3. The Kier molecular flexibility index (Phi) is 11.3. The fraction of sp³-hybridized carbons (Fsp3) is 0.531. The molecule has 2 aromatic rings. The predicted octanol–water partition coefficient (Wildman–Crippen LogP) is 5.74. The van der Waals surface area contributed by atoms with Crippen molar-refractivity contribution in [3.05, 3.63) is 70.8 Å². The predicted molar refractivity (Wildman–Crippen MR) is 157 cm³/mol. The smallest absolute Gasteiger partial charge is 0.480 e. The molecule has 2 aliphatic rings. The summed E-state index contributed by atoms with van der Waals surface area (Å²) >= 11 is 0. The number of carbonyl (C=O) groups is 3. The molecule has 2 saturated heterocycles. The van der Waals surface area contributed by atoms with E-state index in [2.05, 4.69) is 5.32 Å². The molecule has 0 aromatic heterocycles. The van der Waals surface area contributed by atoms with Gasteiger partial charge in [-0.05, 0) is 68.4 Å². The van der Waals surface area contributed by atoms with Crippen LogP contribution in [0.5, 0.6) is 0 Å². The Morgan fingerprint density at radius 3 is 2.21 bits per heavy atom. The fourth-order valence-electron chi connectivity index (χ4n) is 6.01. The number of nitrogens with zero attached hydrogens (tertiary/aromatic N) is 1. The number of benzene rings is 2. The summed E-state index contributed by atoms with van der Waals surface area (Å²) in [6.07, 6.45) is -10.5. The maximum atomic E-state index is 13.5. The van der Waals surface area contributed by atoms with Gasteiger partial charge in [-0.1, -0.05) is 30.3 Å². The van der Waals surface area contributed by atoms with Crippen molar-refractivity contribution in [1.82, 2.24) is 10.2 Å². The van der Waals surface area contributed by atoms with E-state index in [4.69, 9.17) is 25.1 Å². The summed E-state index contributed by atoms with van der Waals surface area (Å²) in [5.74, 6) is -1.43. The third-order valence-electron chi connectivity index (χ3n) is 8.94. The van der Waals surface area contributed by atoms with Gasteiger partial charge in [-0.2, -0.15) is 26.3 Å². The van der Waals surface area contributed by atoms with Crippen molar-refractivity contribution in [3.63, 3.8) is 0 Å². The molecule has 0 aliphatic carbocycles. The lowest BCUT2D eigenvalue weighted by molar-refractivity contribution is -0.143. The van der Waals surface area contributed by atoms with Crippen molar-refractivity contribution < 1.29 is 60.0 Å². The second-order valence-electron chi connectivity index (χ2n) is 12.1. The molecule has 2 aliphatic heterocycles. The number of amides is 1. The second kappa shape index (κ2) is 14.7. The molecule has 4 N–H and O–H groups in total. The number of aliphatic carboxylic acids is 1. The number of carboxylic acids is 1. The third-order valence-corrected chi connectivity index (χ3v) is 8.94. The molecule has 1 spiro atoms. The van der Waals surface area contributed by atoms with Crippen LogP contribution in [0, 0.1) is 0 Å². The molecule has 0 saturated carbocycles. The largest absolute Gasteiger partial charge is 0.510 e. The number of hydrogen-bond donors (Lipinski definition) is 3. The van der Waals surface area contributed by atoms with Crippen LogP contribution < -0.4 is 11.1 Å². The SMILES string of the molecule is C[C@@H](OC[C@@]1(c2ccccc2)CC[C@]2(CCC(=O)N2COC(=O)OCCCC(N)C(=O)O)CN1)c1cc(C(F)(F)F)cc(C(F)(F)F)c1. The van der Waals surface area contributed by atoms with E-state index in [-0.39, 0.29) is 56.6 Å². The number of alkyl halides is 6. The molecule has 2 fully saturated rings. The number of hydrogen-bond acceptors (Lipinski definition) is 8. The number of rotatable bonds is 12. The average Bonchev–Trinajstić information content (AvgIpc) is 3.34. The minimum Gasteiger partial charge on any atom is -0.480 e. The van der Waals surface area contributed by atoms with E-state index >= 15 is 0 Å². The summed E-state index contributed by atoms with van der Waals surface area (Å²) < 4.78 is 97.1. The van der Waals surface area contributed by atoms with Crippen LogP contribution in [0.2, 0.25) is 0 Å². The van der Waals surface area contributed by atoms with Gasteiger partial charge in [-0.25, -0.2) is 4.79 Å². The molecule has 4 rings (SSSR count). The molecule has 0 radical (unpaired) electrons. The van der Waals surface area contributed by atoms with Crippen LogP contribution in [0.15, 0.2) is 48.5 Å². The Labute approximate surface area is 272 Å². The lowest BCUT2D eigenvalue weighted by Gasteiger charge is -2.49. The van der Waals surface area contributed by atoms with Gasteiger partial charge in [-0.15, -0.1) is 0 Å². The molecular weight excluding hydrogens is 652 g/mol. The number of ether oxygens (including phenoxy) is 3. The molecular formula is C32H37F6N3O7. The van der Waals surface area contributed by atoms with E-state index in [9.17, 15) is 40.7 Å². The maximum Gasteiger partial charge on any atom is 0.510 e. The molecule has 2 aromatic carbocycles. The van der Waals surface area contributed by atoms with E-state index in [1.165, 1.54) is 11.8 Å². The lowest BCUT2D eigenvalue weighted by atomic mass is 9.75. The van der Waals surface area contributed by atoms with Crippen molar-refractivity contribution in [2.24, 2.45) is 5.73 Å². The van der Waals surface area contributed by atoms with Crippen molar-refractivity contribution in [2.45, 2.75) is 81.0 Å². The summed E-state index contributed by atoms with van der Waals surface area (Å²) in [5, 5.41) is 12.3. The average molecular weight is 690 g/mol. The highest BCUT2D eigenvalue weighted by Crippen LogP contribution is 2.43. The highest BCUT2D eigenvalue weighted by Gasteiger charge is 2.51. The van der Waals surface area contributed by atoms with Crippen LogP contribution in [0.3, 0.4) is 0 Å². The minimum atomic E-state index is -5.00.